The van der Waals surface area contributed by atoms with Gasteiger partial charge in [0, 0.05) is 6.61 Å². The van der Waals surface area contributed by atoms with Crippen molar-refractivity contribution in [2.45, 2.75) is 39.7 Å². The van der Waals surface area contributed by atoms with E-state index in [9.17, 15) is 4.79 Å². The lowest BCUT2D eigenvalue weighted by molar-refractivity contribution is -0.142. The van der Waals surface area contributed by atoms with Crippen LogP contribution in [0, 0.1) is 5.92 Å². The Bertz CT molecular complexity index is 146. The summed E-state index contributed by atoms with van der Waals surface area (Å²) in [6.45, 7) is 8.07. The fourth-order valence-electron chi connectivity index (χ4n) is 0.665. The van der Waals surface area contributed by atoms with Crippen molar-refractivity contribution in [1.82, 2.24) is 0 Å². The Hall–Kier alpha value is -0.570. The first-order valence-corrected chi connectivity index (χ1v) is 4.19. The average Bonchev–Trinajstić information content (AvgIpc) is 1.84. The van der Waals surface area contributed by atoms with Crippen molar-refractivity contribution >= 4 is 5.97 Å². The van der Waals surface area contributed by atoms with Crippen molar-refractivity contribution < 1.29 is 14.6 Å². The van der Waals surface area contributed by atoms with Gasteiger partial charge in [0.2, 0.25) is 0 Å². The van der Waals surface area contributed by atoms with Gasteiger partial charge in [0.15, 0.2) is 0 Å². The molecule has 0 radical (unpaired) electrons. The van der Waals surface area contributed by atoms with Gasteiger partial charge in [0.25, 0.3) is 0 Å². The third-order valence-electron chi connectivity index (χ3n) is 1.51. The molecule has 0 bridgehead atoms. The maximum atomic E-state index is 10.4. The van der Waals surface area contributed by atoms with Crippen molar-refractivity contribution in [3.63, 3.8) is 0 Å². The fraction of sp³-hybridized carbons (Fsp3) is 0.889. The van der Waals surface area contributed by atoms with Gasteiger partial charge in [-0.1, -0.05) is 6.92 Å². The highest BCUT2D eigenvalue weighted by atomic mass is 16.5. The molecule has 0 unspecified atom stereocenters. The fourth-order valence-corrected chi connectivity index (χ4v) is 0.665. The van der Waals surface area contributed by atoms with E-state index >= 15 is 0 Å². The molecule has 0 fully saturated rings. The van der Waals surface area contributed by atoms with E-state index in [0.717, 1.165) is 0 Å². The summed E-state index contributed by atoms with van der Waals surface area (Å²) >= 11 is 0. The lowest BCUT2D eigenvalue weighted by atomic mass is 10.1. The molecule has 3 heteroatoms. The van der Waals surface area contributed by atoms with Crippen LogP contribution in [0.5, 0.6) is 0 Å². The van der Waals surface area contributed by atoms with Gasteiger partial charge in [0.1, 0.15) is 0 Å². The standard InChI is InChI=1S/C9H18O3/c1-7(8(10)11)5-6-12-9(2,3)4/h7H,5-6H2,1-4H3,(H,10,11)/t7-/m0/s1. The molecular formula is C9H18O3. The molecule has 0 saturated carbocycles. The number of ether oxygens (including phenoxy) is 1. The minimum Gasteiger partial charge on any atom is -0.481 e. The molecule has 72 valence electrons. The van der Waals surface area contributed by atoms with Gasteiger partial charge in [-0.15, -0.1) is 0 Å². The van der Waals surface area contributed by atoms with Crippen LogP contribution in [-0.2, 0) is 9.53 Å². The number of carbonyl (C=O) groups is 1. The SMILES string of the molecule is C[C@@H](CCOC(C)(C)C)C(=O)O. The Morgan fingerprint density at radius 3 is 2.33 bits per heavy atom. The van der Waals surface area contributed by atoms with Gasteiger partial charge in [0.05, 0.1) is 11.5 Å². The van der Waals surface area contributed by atoms with E-state index in [1.165, 1.54) is 0 Å². The molecule has 0 rings (SSSR count). The average molecular weight is 174 g/mol. The van der Waals surface area contributed by atoms with Crippen LogP contribution in [0.15, 0.2) is 0 Å². The van der Waals surface area contributed by atoms with Gasteiger partial charge in [-0.25, -0.2) is 0 Å². The zero-order valence-electron chi connectivity index (χ0n) is 8.26. The van der Waals surface area contributed by atoms with Crippen LogP contribution < -0.4 is 0 Å². The van der Waals surface area contributed by atoms with E-state index in [2.05, 4.69) is 0 Å². The maximum absolute atomic E-state index is 10.4. The molecule has 0 aromatic carbocycles. The van der Waals surface area contributed by atoms with Gasteiger partial charge >= 0.3 is 5.97 Å². The smallest absolute Gasteiger partial charge is 0.306 e. The quantitative estimate of drug-likeness (QED) is 0.708. The van der Waals surface area contributed by atoms with Crippen LogP contribution in [0.3, 0.4) is 0 Å². The molecule has 3 nitrogen and oxygen atoms in total. The minimum absolute atomic E-state index is 0.168. The maximum Gasteiger partial charge on any atom is 0.306 e. The summed E-state index contributed by atoms with van der Waals surface area (Å²) in [6, 6.07) is 0. The van der Waals surface area contributed by atoms with Gasteiger partial charge < -0.3 is 9.84 Å². The number of rotatable bonds is 4. The van der Waals surface area contributed by atoms with E-state index < -0.39 is 5.97 Å². The van der Waals surface area contributed by atoms with E-state index in [0.29, 0.717) is 13.0 Å². The highest BCUT2D eigenvalue weighted by Gasteiger charge is 2.14. The predicted octanol–water partition coefficient (Wildman–Crippen LogP) is 1.91. The van der Waals surface area contributed by atoms with E-state index in [1.807, 2.05) is 20.8 Å². The van der Waals surface area contributed by atoms with E-state index in [4.69, 9.17) is 9.84 Å². The Morgan fingerprint density at radius 1 is 1.50 bits per heavy atom. The van der Waals surface area contributed by atoms with Crippen molar-refractivity contribution in [2.24, 2.45) is 5.92 Å². The number of hydrogen-bond acceptors (Lipinski definition) is 2. The Kier molecular flexibility index (Phi) is 4.24. The van der Waals surface area contributed by atoms with E-state index in [1.54, 1.807) is 6.92 Å². The Balaban J connectivity index is 3.51. The van der Waals surface area contributed by atoms with Gasteiger partial charge in [-0.05, 0) is 27.2 Å². The minimum atomic E-state index is -0.757. The zero-order valence-corrected chi connectivity index (χ0v) is 8.26. The largest absolute Gasteiger partial charge is 0.481 e. The van der Waals surface area contributed by atoms with Crippen LogP contribution >= 0.6 is 0 Å². The second-order valence-electron chi connectivity index (χ2n) is 3.99. The molecule has 0 aliphatic heterocycles. The van der Waals surface area contributed by atoms with Crippen LogP contribution in [0.25, 0.3) is 0 Å². The summed E-state index contributed by atoms with van der Waals surface area (Å²) in [4.78, 5) is 10.4. The van der Waals surface area contributed by atoms with Gasteiger partial charge in [-0.3, -0.25) is 4.79 Å². The molecule has 0 amide bonds. The first kappa shape index (κ1) is 11.4. The lowest BCUT2D eigenvalue weighted by Crippen LogP contribution is -2.22. The van der Waals surface area contributed by atoms with Crippen LogP contribution in [0.4, 0.5) is 0 Å². The molecule has 1 atom stereocenters. The molecule has 0 aromatic rings. The van der Waals surface area contributed by atoms with Crippen molar-refractivity contribution in [3.8, 4) is 0 Å². The number of carboxylic acids is 1. The second-order valence-corrected chi connectivity index (χ2v) is 3.99. The first-order chi connectivity index (χ1) is 5.33. The van der Waals surface area contributed by atoms with Crippen molar-refractivity contribution in [3.05, 3.63) is 0 Å². The summed E-state index contributed by atoms with van der Waals surface area (Å²) in [5, 5.41) is 8.56. The van der Waals surface area contributed by atoms with Crippen molar-refractivity contribution in [1.29, 1.82) is 0 Å². The molecule has 0 spiro atoms. The normalized spacial score (nSPS) is 14.3. The highest BCUT2D eigenvalue weighted by Crippen LogP contribution is 2.09. The molecule has 0 aromatic heterocycles. The zero-order chi connectivity index (χ0) is 9.78. The first-order valence-electron chi connectivity index (χ1n) is 4.19. The predicted molar refractivity (Wildman–Crippen MR) is 47.1 cm³/mol. The molecule has 12 heavy (non-hydrogen) atoms. The summed E-state index contributed by atoms with van der Waals surface area (Å²) in [5.74, 6) is -1.07. The molecule has 0 aliphatic rings. The van der Waals surface area contributed by atoms with Crippen LogP contribution in [-0.4, -0.2) is 23.3 Å². The summed E-state index contributed by atoms with van der Waals surface area (Å²) in [6.07, 6.45) is 0.576. The second kappa shape index (κ2) is 4.45. The number of aliphatic carboxylic acids is 1. The summed E-state index contributed by atoms with van der Waals surface area (Å²) in [7, 11) is 0. The summed E-state index contributed by atoms with van der Waals surface area (Å²) in [5.41, 5.74) is -0.168. The van der Waals surface area contributed by atoms with E-state index in [-0.39, 0.29) is 11.5 Å². The monoisotopic (exact) mass is 174 g/mol. The highest BCUT2D eigenvalue weighted by molar-refractivity contribution is 5.69. The van der Waals surface area contributed by atoms with Crippen LogP contribution in [0.1, 0.15) is 34.1 Å². The lowest BCUT2D eigenvalue weighted by Gasteiger charge is -2.20. The number of carboxylic acid groups (broad SMARTS) is 1. The van der Waals surface area contributed by atoms with Crippen LogP contribution in [0.2, 0.25) is 0 Å². The molecule has 1 N–H and O–H groups in total. The summed E-state index contributed by atoms with van der Waals surface area (Å²) < 4.78 is 5.39. The van der Waals surface area contributed by atoms with Gasteiger partial charge in [-0.2, -0.15) is 0 Å². The Morgan fingerprint density at radius 2 is 2.00 bits per heavy atom. The third kappa shape index (κ3) is 6.16. The third-order valence-corrected chi connectivity index (χ3v) is 1.51. The molecule has 0 aliphatic carbocycles. The topological polar surface area (TPSA) is 46.5 Å². The Labute approximate surface area is 73.7 Å². The molecule has 0 saturated heterocycles. The molecular weight excluding hydrogens is 156 g/mol. The number of hydrogen-bond donors (Lipinski definition) is 1. The van der Waals surface area contributed by atoms with Crippen molar-refractivity contribution in [2.75, 3.05) is 6.61 Å². The molecule has 0 heterocycles.